The minimum atomic E-state index is -0.0128. The van der Waals surface area contributed by atoms with Crippen LogP contribution in [0.15, 0.2) is 16.6 Å². The van der Waals surface area contributed by atoms with E-state index < -0.39 is 0 Å². The summed E-state index contributed by atoms with van der Waals surface area (Å²) in [5, 5.41) is 9.28. The van der Waals surface area contributed by atoms with Crippen LogP contribution in [0.25, 0.3) is 0 Å². The molecule has 0 aromatic heterocycles. The summed E-state index contributed by atoms with van der Waals surface area (Å²) in [7, 11) is 0. The lowest BCUT2D eigenvalue weighted by Crippen LogP contribution is -2.05. The highest BCUT2D eigenvalue weighted by Gasteiger charge is 2.08. The second kappa shape index (κ2) is 7.69. The van der Waals surface area contributed by atoms with E-state index in [0.29, 0.717) is 13.2 Å². The van der Waals surface area contributed by atoms with Gasteiger partial charge in [0.15, 0.2) is 0 Å². The van der Waals surface area contributed by atoms with Crippen molar-refractivity contribution in [1.82, 2.24) is 0 Å². The van der Waals surface area contributed by atoms with Crippen molar-refractivity contribution in [3.05, 3.63) is 27.7 Å². The summed E-state index contributed by atoms with van der Waals surface area (Å²) >= 11 is 3.40. The number of aliphatic hydroxyl groups is 1. The highest BCUT2D eigenvalue weighted by atomic mass is 79.9. The summed E-state index contributed by atoms with van der Waals surface area (Å²) in [5.74, 6) is 0.784. The van der Waals surface area contributed by atoms with E-state index in [1.54, 1.807) is 0 Å². The Kier molecular flexibility index (Phi) is 6.55. The molecule has 0 heterocycles. The maximum Gasteiger partial charge on any atom is 0.127 e. The standard InChI is InChI=1S/C13H19BrO3/c1-3-16-5-4-6-17-13-10(2)7-12(14)8-11(13)9-15/h7-8,15H,3-6,9H2,1-2H3. The van der Waals surface area contributed by atoms with Crippen LogP contribution in [0.1, 0.15) is 24.5 Å². The second-order valence-electron chi connectivity index (χ2n) is 3.77. The molecule has 96 valence electrons. The lowest BCUT2D eigenvalue weighted by atomic mass is 10.1. The Bertz CT molecular complexity index is 353. The van der Waals surface area contributed by atoms with Gasteiger partial charge in [-0.3, -0.25) is 0 Å². The van der Waals surface area contributed by atoms with E-state index in [2.05, 4.69) is 15.9 Å². The molecule has 1 aromatic carbocycles. The largest absolute Gasteiger partial charge is 0.493 e. The first-order valence-electron chi connectivity index (χ1n) is 5.79. The summed E-state index contributed by atoms with van der Waals surface area (Å²) in [6.45, 7) is 5.99. The van der Waals surface area contributed by atoms with Crippen LogP contribution in [0.4, 0.5) is 0 Å². The van der Waals surface area contributed by atoms with Crippen molar-refractivity contribution in [3.8, 4) is 5.75 Å². The molecule has 4 heteroatoms. The molecule has 3 nitrogen and oxygen atoms in total. The average molecular weight is 303 g/mol. The van der Waals surface area contributed by atoms with Crippen LogP contribution >= 0.6 is 15.9 Å². The molecular formula is C13H19BrO3. The zero-order valence-electron chi connectivity index (χ0n) is 10.3. The summed E-state index contributed by atoms with van der Waals surface area (Å²) in [5.41, 5.74) is 1.84. The van der Waals surface area contributed by atoms with E-state index >= 15 is 0 Å². The Morgan fingerprint density at radius 1 is 1.29 bits per heavy atom. The van der Waals surface area contributed by atoms with Gasteiger partial charge in [-0.25, -0.2) is 0 Å². The van der Waals surface area contributed by atoms with Crippen LogP contribution in [0.2, 0.25) is 0 Å². The molecule has 0 unspecified atom stereocenters. The predicted octanol–water partition coefficient (Wildman–Crippen LogP) is 3.06. The van der Waals surface area contributed by atoms with Crippen LogP contribution in [-0.4, -0.2) is 24.9 Å². The predicted molar refractivity (Wildman–Crippen MR) is 71.4 cm³/mol. The van der Waals surface area contributed by atoms with Crippen LogP contribution in [0, 0.1) is 6.92 Å². The van der Waals surface area contributed by atoms with E-state index in [4.69, 9.17) is 9.47 Å². The number of benzene rings is 1. The van der Waals surface area contributed by atoms with Crippen molar-refractivity contribution in [2.45, 2.75) is 26.9 Å². The van der Waals surface area contributed by atoms with Gasteiger partial charge in [0, 0.05) is 29.7 Å². The van der Waals surface area contributed by atoms with Crippen LogP contribution in [-0.2, 0) is 11.3 Å². The molecule has 0 aliphatic rings. The fraction of sp³-hybridized carbons (Fsp3) is 0.538. The maximum atomic E-state index is 9.28. The Labute approximate surface area is 111 Å². The number of rotatable bonds is 7. The topological polar surface area (TPSA) is 38.7 Å². The van der Waals surface area contributed by atoms with Gasteiger partial charge in [-0.2, -0.15) is 0 Å². The SMILES string of the molecule is CCOCCCOc1c(C)cc(Br)cc1CO. The molecule has 0 aliphatic heterocycles. The molecule has 1 rings (SSSR count). The highest BCUT2D eigenvalue weighted by Crippen LogP contribution is 2.28. The van der Waals surface area contributed by atoms with Gasteiger partial charge in [0.25, 0.3) is 0 Å². The number of aliphatic hydroxyl groups excluding tert-OH is 1. The molecular weight excluding hydrogens is 284 g/mol. The minimum Gasteiger partial charge on any atom is -0.493 e. The molecule has 0 saturated heterocycles. The van der Waals surface area contributed by atoms with Gasteiger partial charge in [-0.05, 0) is 31.5 Å². The maximum absolute atomic E-state index is 9.28. The quantitative estimate of drug-likeness (QED) is 0.787. The van der Waals surface area contributed by atoms with Gasteiger partial charge in [-0.1, -0.05) is 15.9 Å². The fourth-order valence-corrected chi connectivity index (χ4v) is 2.22. The monoisotopic (exact) mass is 302 g/mol. The first kappa shape index (κ1) is 14.5. The Balaban J connectivity index is 2.57. The minimum absolute atomic E-state index is 0.0128. The van der Waals surface area contributed by atoms with Crippen molar-refractivity contribution in [3.63, 3.8) is 0 Å². The van der Waals surface area contributed by atoms with E-state index in [1.165, 1.54) is 0 Å². The average Bonchev–Trinajstić information content (AvgIpc) is 2.30. The second-order valence-corrected chi connectivity index (χ2v) is 4.68. The summed E-state index contributed by atoms with van der Waals surface area (Å²) in [4.78, 5) is 0. The van der Waals surface area contributed by atoms with Crippen molar-refractivity contribution in [2.24, 2.45) is 0 Å². The van der Waals surface area contributed by atoms with Gasteiger partial charge in [0.1, 0.15) is 5.75 Å². The number of aryl methyl sites for hydroxylation is 1. The van der Waals surface area contributed by atoms with E-state index in [9.17, 15) is 5.11 Å². The molecule has 0 spiro atoms. The van der Waals surface area contributed by atoms with Gasteiger partial charge < -0.3 is 14.6 Å². The van der Waals surface area contributed by atoms with Gasteiger partial charge >= 0.3 is 0 Å². The molecule has 1 N–H and O–H groups in total. The first-order valence-corrected chi connectivity index (χ1v) is 6.58. The number of ether oxygens (including phenoxy) is 2. The van der Waals surface area contributed by atoms with Crippen molar-refractivity contribution >= 4 is 15.9 Å². The number of halogens is 1. The fourth-order valence-electron chi connectivity index (χ4n) is 1.60. The van der Waals surface area contributed by atoms with E-state index in [1.807, 2.05) is 26.0 Å². The lowest BCUT2D eigenvalue weighted by Gasteiger charge is -2.13. The zero-order chi connectivity index (χ0) is 12.7. The van der Waals surface area contributed by atoms with Crippen molar-refractivity contribution < 1.29 is 14.6 Å². The van der Waals surface area contributed by atoms with Crippen LogP contribution < -0.4 is 4.74 Å². The summed E-state index contributed by atoms with van der Waals surface area (Å²) in [6, 6.07) is 3.86. The van der Waals surface area contributed by atoms with Gasteiger partial charge in [-0.15, -0.1) is 0 Å². The highest BCUT2D eigenvalue weighted by molar-refractivity contribution is 9.10. The Hall–Kier alpha value is -0.580. The third-order valence-electron chi connectivity index (χ3n) is 2.37. The molecule has 0 amide bonds. The first-order chi connectivity index (χ1) is 8.19. The van der Waals surface area contributed by atoms with Crippen LogP contribution in [0.3, 0.4) is 0 Å². The van der Waals surface area contributed by atoms with Gasteiger partial charge in [0.2, 0.25) is 0 Å². The normalized spacial score (nSPS) is 10.6. The Morgan fingerprint density at radius 3 is 2.71 bits per heavy atom. The lowest BCUT2D eigenvalue weighted by molar-refractivity contribution is 0.130. The molecule has 0 saturated carbocycles. The van der Waals surface area contributed by atoms with Crippen molar-refractivity contribution in [1.29, 1.82) is 0 Å². The molecule has 0 bridgehead atoms. The van der Waals surface area contributed by atoms with Gasteiger partial charge in [0.05, 0.1) is 13.2 Å². The summed E-state index contributed by atoms with van der Waals surface area (Å²) in [6.07, 6.45) is 0.855. The molecule has 1 aromatic rings. The third kappa shape index (κ3) is 4.66. The molecule has 0 aliphatic carbocycles. The van der Waals surface area contributed by atoms with E-state index in [-0.39, 0.29) is 6.61 Å². The van der Waals surface area contributed by atoms with E-state index in [0.717, 1.165) is 34.4 Å². The zero-order valence-corrected chi connectivity index (χ0v) is 11.9. The summed E-state index contributed by atoms with van der Waals surface area (Å²) < 4.78 is 11.9. The van der Waals surface area contributed by atoms with Crippen LogP contribution in [0.5, 0.6) is 5.75 Å². The smallest absolute Gasteiger partial charge is 0.127 e. The molecule has 0 fully saturated rings. The molecule has 0 atom stereocenters. The Morgan fingerprint density at radius 2 is 2.06 bits per heavy atom. The number of hydrogen-bond donors (Lipinski definition) is 1. The van der Waals surface area contributed by atoms with Crippen molar-refractivity contribution in [2.75, 3.05) is 19.8 Å². The third-order valence-corrected chi connectivity index (χ3v) is 2.83. The molecule has 17 heavy (non-hydrogen) atoms. The molecule has 0 radical (unpaired) electrons. The number of hydrogen-bond acceptors (Lipinski definition) is 3.